The number of Topliss-reactive ketones (excluding diaryl/α,β-unsaturated/α-hetero) is 1. The molecule has 4 rings (SSSR count). The van der Waals surface area contributed by atoms with Gasteiger partial charge in [0.1, 0.15) is 12.4 Å². The van der Waals surface area contributed by atoms with Crippen LogP contribution in [0, 0.1) is 0 Å². The minimum Gasteiger partial charge on any atom is -0.488 e. The molecule has 1 aliphatic carbocycles. The van der Waals surface area contributed by atoms with Crippen LogP contribution in [0.3, 0.4) is 0 Å². The summed E-state index contributed by atoms with van der Waals surface area (Å²) in [5, 5.41) is 0. The third-order valence-corrected chi connectivity index (χ3v) is 4.81. The predicted molar refractivity (Wildman–Crippen MR) is 94.1 cm³/mol. The zero-order valence-corrected chi connectivity index (χ0v) is 14.3. The van der Waals surface area contributed by atoms with Gasteiger partial charge in [-0.15, -0.1) is 0 Å². The van der Waals surface area contributed by atoms with E-state index in [1.165, 1.54) is 0 Å². The molecule has 0 saturated heterocycles. The number of carbonyl (C=O) groups excluding carboxylic acids is 2. The monoisotopic (exact) mass is 336 g/mol. The summed E-state index contributed by atoms with van der Waals surface area (Å²) in [4.78, 5) is 24.2. The standard InChI is InChI=1S/C21H20O4/c1-2-8-24-21(23)14-6-7-16-15(9-14)12-25-20-11-17-13(10-18(16)20)4-3-5-19(17)22/h6-7,9-11H,2-5,8,12H2,1H3. The first kappa shape index (κ1) is 15.9. The molecular formula is C21H20O4. The Hall–Kier alpha value is -2.62. The molecule has 2 aliphatic rings. The summed E-state index contributed by atoms with van der Waals surface area (Å²) in [6.45, 7) is 2.79. The largest absolute Gasteiger partial charge is 0.488 e. The van der Waals surface area contributed by atoms with E-state index in [1.54, 1.807) is 6.07 Å². The maximum atomic E-state index is 12.1. The van der Waals surface area contributed by atoms with Crippen LogP contribution in [-0.4, -0.2) is 18.4 Å². The summed E-state index contributed by atoms with van der Waals surface area (Å²) >= 11 is 0. The number of ether oxygens (including phenoxy) is 2. The van der Waals surface area contributed by atoms with Crippen LogP contribution in [0.4, 0.5) is 0 Å². The van der Waals surface area contributed by atoms with Gasteiger partial charge in [0.15, 0.2) is 5.78 Å². The molecule has 128 valence electrons. The SMILES string of the molecule is CCCOC(=O)c1ccc2c(c1)COc1cc3c(cc1-2)CCCC3=O. The summed E-state index contributed by atoms with van der Waals surface area (Å²) in [6.07, 6.45) is 3.24. The minimum atomic E-state index is -0.300. The molecule has 0 bridgehead atoms. The Morgan fingerprint density at radius 1 is 1.08 bits per heavy atom. The Morgan fingerprint density at radius 3 is 2.80 bits per heavy atom. The molecule has 0 atom stereocenters. The van der Waals surface area contributed by atoms with Gasteiger partial charge in [-0.25, -0.2) is 4.79 Å². The fourth-order valence-electron chi connectivity index (χ4n) is 3.53. The van der Waals surface area contributed by atoms with Gasteiger partial charge in [0.25, 0.3) is 0 Å². The minimum absolute atomic E-state index is 0.201. The number of hydrogen-bond acceptors (Lipinski definition) is 4. The summed E-state index contributed by atoms with van der Waals surface area (Å²) in [7, 11) is 0. The molecule has 0 radical (unpaired) electrons. The van der Waals surface area contributed by atoms with Gasteiger partial charge in [-0.2, -0.15) is 0 Å². The van der Waals surface area contributed by atoms with Crippen LogP contribution in [0.2, 0.25) is 0 Å². The van der Waals surface area contributed by atoms with Crippen LogP contribution in [0.5, 0.6) is 5.75 Å². The summed E-state index contributed by atoms with van der Waals surface area (Å²) < 4.78 is 11.1. The lowest BCUT2D eigenvalue weighted by molar-refractivity contribution is 0.0504. The van der Waals surface area contributed by atoms with Crippen LogP contribution < -0.4 is 4.74 Å². The molecular weight excluding hydrogens is 316 g/mol. The van der Waals surface area contributed by atoms with E-state index in [0.717, 1.165) is 52.8 Å². The van der Waals surface area contributed by atoms with Gasteiger partial charge < -0.3 is 9.47 Å². The number of rotatable bonds is 3. The van der Waals surface area contributed by atoms with E-state index in [9.17, 15) is 9.59 Å². The second-order valence-electron chi connectivity index (χ2n) is 6.58. The fraction of sp³-hybridized carbons (Fsp3) is 0.333. The lowest BCUT2D eigenvalue weighted by Crippen LogP contribution is -2.14. The van der Waals surface area contributed by atoms with Crippen LogP contribution in [0.25, 0.3) is 11.1 Å². The number of ketones is 1. The van der Waals surface area contributed by atoms with Gasteiger partial charge in [-0.1, -0.05) is 13.0 Å². The van der Waals surface area contributed by atoms with E-state index in [4.69, 9.17) is 9.47 Å². The first-order valence-electron chi connectivity index (χ1n) is 8.80. The Morgan fingerprint density at radius 2 is 1.96 bits per heavy atom. The summed E-state index contributed by atoms with van der Waals surface area (Å²) in [5.74, 6) is 0.654. The molecule has 4 heteroatoms. The zero-order chi connectivity index (χ0) is 17.4. The molecule has 0 saturated carbocycles. The van der Waals surface area contributed by atoms with Crippen LogP contribution in [0.15, 0.2) is 30.3 Å². The average molecular weight is 336 g/mol. The highest BCUT2D eigenvalue weighted by Crippen LogP contribution is 2.41. The quantitative estimate of drug-likeness (QED) is 0.783. The second kappa shape index (κ2) is 6.36. The molecule has 0 fully saturated rings. The van der Waals surface area contributed by atoms with Crippen LogP contribution >= 0.6 is 0 Å². The Balaban J connectivity index is 1.72. The van der Waals surface area contributed by atoms with E-state index in [0.29, 0.717) is 25.2 Å². The number of aryl methyl sites for hydroxylation is 1. The van der Waals surface area contributed by atoms with Gasteiger partial charge in [0.2, 0.25) is 0 Å². The summed E-state index contributed by atoms with van der Waals surface area (Å²) in [5.41, 5.74) is 5.48. The maximum Gasteiger partial charge on any atom is 0.338 e. The number of esters is 1. The van der Waals surface area contributed by atoms with Crippen LogP contribution in [0.1, 0.15) is 58.0 Å². The van der Waals surface area contributed by atoms with Crippen molar-refractivity contribution in [1.29, 1.82) is 0 Å². The highest BCUT2D eigenvalue weighted by atomic mass is 16.5. The van der Waals surface area contributed by atoms with Crippen molar-refractivity contribution in [2.75, 3.05) is 6.61 Å². The van der Waals surface area contributed by atoms with Gasteiger partial charge in [-0.3, -0.25) is 4.79 Å². The second-order valence-corrected chi connectivity index (χ2v) is 6.58. The molecule has 1 aliphatic heterocycles. The molecule has 4 nitrogen and oxygen atoms in total. The van der Waals surface area contributed by atoms with E-state index < -0.39 is 0 Å². The topological polar surface area (TPSA) is 52.6 Å². The lowest BCUT2D eigenvalue weighted by Gasteiger charge is -2.24. The zero-order valence-electron chi connectivity index (χ0n) is 14.3. The van der Waals surface area contributed by atoms with E-state index >= 15 is 0 Å². The summed E-state index contributed by atoms with van der Waals surface area (Å²) in [6, 6.07) is 9.57. The third-order valence-electron chi connectivity index (χ3n) is 4.81. The molecule has 2 aromatic carbocycles. The number of benzene rings is 2. The molecule has 25 heavy (non-hydrogen) atoms. The van der Waals surface area contributed by atoms with Gasteiger partial charge >= 0.3 is 5.97 Å². The molecule has 0 amide bonds. The van der Waals surface area contributed by atoms with Crippen molar-refractivity contribution in [2.45, 2.75) is 39.2 Å². The highest BCUT2D eigenvalue weighted by molar-refractivity contribution is 6.00. The Bertz CT molecular complexity index is 866. The lowest BCUT2D eigenvalue weighted by atomic mass is 9.86. The molecule has 2 aromatic rings. The number of carbonyl (C=O) groups is 2. The van der Waals surface area contributed by atoms with Crippen molar-refractivity contribution in [3.63, 3.8) is 0 Å². The first-order valence-corrected chi connectivity index (χ1v) is 8.80. The molecule has 0 aromatic heterocycles. The van der Waals surface area contributed by atoms with Crippen molar-refractivity contribution in [2.24, 2.45) is 0 Å². The van der Waals surface area contributed by atoms with E-state index in [1.807, 2.05) is 25.1 Å². The molecule has 0 unspecified atom stereocenters. The van der Waals surface area contributed by atoms with E-state index in [2.05, 4.69) is 6.07 Å². The molecule has 0 spiro atoms. The van der Waals surface area contributed by atoms with Crippen molar-refractivity contribution in [1.82, 2.24) is 0 Å². The third kappa shape index (κ3) is 2.82. The van der Waals surface area contributed by atoms with Crippen molar-refractivity contribution >= 4 is 11.8 Å². The van der Waals surface area contributed by atoms with Crippen molar-refractivity contribution < 1.29 is 19.1 Å². The number of fused-ring (bicyclic) bond motifs is 4. The molecule has 1 heterocycles. The Kier molecular flexibility index (Phi) is 4.04. The average Bonchev–Trinajstić information content (AvgIpc) is 2.64. The van der Waals surface area contributed by atoms with Crippen molar-refractivity contribution in [3.8, 4) is 16.9 Å². The van der Waals surface area contributed by atoms with Gasteiger partial charge in [0.05, 0.1) is 12.2 Å². The smallest absolute Gasteiger partial charge is 0.338 e. The van der Waals surface area contributed by atoms with Crippen molar-refractivity contribution in [3.05, 3.63) is 52.6 Å². The highest BCUT2D eigenvalue weighted by Gasteiger charge is 2.25. The predicted octanol–water partition coefficient (Wildman–Crippen LogP) is 4.33. The first-order chi connectivity index (χ1) is 12.2. The molecule has 0 N–H and O–H groups in total. The normalized spacial score (nSPS) is 14.8. The maximum absolute atomic E-state index is 12.1. The fourth-order valence-corrected chi connectivity index (χ4v) is 3.53. The van der Waals surface area contributed by atoms with Gasteiger partial charge in [0, 0.05) is 17.5 Å². The Labute approximate surface area is 146 Å². The number of hydrogen-bond donors (Lipinski definition) is 0. The van der Waals surface area contributed by atoms with E-state index in [-0.39, 0.29) is 11.8 Å². The van der Waals surface area contributed by atoms with Crippen LogP contribution in [-0.2, 0) is 17.8 Å². The van der Waals surface area contributed by atoms with Gasteiger partial charge in [-0.05, 0) is 60.2 Å².